The van der Waals surface area contributed by atoms with Crippen LogP contribution in [-0.4, -0.2) is 22.5 Å². The Morgan fingerprint density at radius 3 is 2.92 bits per heavy atom. The van der Waals surface area contributed by atoms with Gasteiger partial charge in [0.1, 0.15) is 17.1 Å². The van der Waals surface area contributed by atoms with Gasteiger partial charge in [-0.25, -0.2) is 0 Å². The van der Waals surface area contributed by atoms with E-state index in [1.54, 1.807) is 13.0 Å². The lowest BCUT2D eigenvalue weighted by molar-refractivity contribution is -0.158. The van der Waals surface area contributed by atoms with E-state index >= 15 is 0 Å². The average molecular weight is 326 g/mol. The lowest BCUT2D eigenvalue weighted by Gasteiger charge is -2.47. The first-order valence-corrected chi connectivity index (χ1v) is 9.06. The average Bonchev–Trinajstić information content (AvgIpc) is 3.05. The summed E-state index contributed by atoms with van der Waals surface area (Å²) in [7, 11) is 0. The van der Waals surface area contributed by atoms with Crippen molar-refractivity contribution in [1.29, 1.82) is 0 Å². The summed E-state index contributed by atoms with van der Waals surface area (Å²) >= 11 is 0. The summed E-state index contributed by atoms with van der Waals surface area (Å²) in [5.41, 5.74) is 1.85. The molecule has 1 spiro atoms. The first-order chi connectivity index (χ1) is 11.5. The molecule has 0 amide bonds. The van der Waals surface area contributed by atoms with E-state index in [0.29, 0.717) is 12.3 Å². The van der Waals surface area contributed by atoms with Gasteiger partial charge in [-0.05, 0) is 61.8 Å². The quantitative estimate of drug-likeness (QED) is 0.806. The number of benzene rings is 1. The van der Waals surface area contributed by atoms with Crippen molar-refractivity contribution in [1.82, 2.24) is 0 Å². The van der Waals surface area contributed by atoms with Gasteiger partial charge < -0.3 is 9.84 Å². The molecule has 4 heteroatoms. The normalized spacial score (nSPS) is 42.0. The van der Waals surface area contributed by atoms with Crippen LogP contribution in [-0.2, 0) is 20.7 Å². The van der Waals surface area contributed by atoms with Crippen LogP contribution in [0.3, 0.4) is 0 Å². The minimum atomic E-state index is -0.539. The Hall–Kier alpha value is -1.84. The fraction of sp³-hybridized carbons (Fsp3) is 0.600. The number of aryl methyl sites for hydroxylation is 1. The van der Waals surface area contributed by atoms with Gasteiger partial charge in [0.2, 0.25) is 0 Å². The van der Waals surface area contributed by atoms with Crippen LogP contribution in [0.25, 0.3) is 0 Å². The maximum absolute atomic E-state index is 12.7. The number of Topliss-reactive ketones (excluding diaryl/α,β-unsaturated/α-hetero) is 1. The summed E-state index contributed by atoms with van der Waals surface area (Å²) in [6, 6.07) is 5.58. The summed E-state index contributed by atoms with van der Waals surface area (Å²) in [6.45, 7) is 1.64. The van der Waals surface area contributed by atoms with Crippen LogP contribution >= 0.6 is 0 Å². The van der Waals surface area contributed by atoms with Crippen LogP contribution in [0.2, 0.25) is 0 Å². The molecule has 2 bridgehead atoms. The number of fused-ring (bicyclic) bond motifs is 6. The van der Waals surface area contributed by atoms with Crippen LogP contribution in [0.1, 0.15) is 49.7 Å². The standard InChI is InChI=1S/C20H22O4/c1-10(21)16-6-7-17-13-5-3-11-2-4-12(22)8-14(11)18(13)15-9-20(16,17)24-19(15)23/h2,4,8,13,15-18,22H,3,5-7,9H2,1H3/t13-,15+,16-,17-,18-,20+/m0/s1. The molecule has 2 saturated carbocycles. The molecule has 0 radical (unpaired) electrons. The molecule has 1 N–H and O–H groups in total. The lowest BCUT2D eigenvalue weighted by Crippen LogP contribution is -2.50. The van der Waals surface area contributed by atoms with Gasteiger partial charge in [0.25, 0.3) is 0 Å². The van der Waals surface area contributed by atoms with Crippen molar-refractivity contribution in [3.8, 4) is 5.75 Å². The maximum atomic E-state index is 12.7. The molecule has 1 saturated heterocycles. The minimum absolute atomic E-state index is 0.122. The smallest absolute Gasteiger partial charge is 0.310 e. The molecule has 0 aromatic heterocycles. The Balaban J connectivity index is 1.64. The Morgan fingerprint density at radius 2 is 2.12 bits per heavy atom. The second-order valence-corrected chi connectivity index (χ2v) is 8.15. The highest BCUT2D eigenvalue weighted by molar-refractivity contribution is 5.84. The van der Waals surface area contributed by atoms with Crippen LogP contribution < -0.4 is 0 Å². The third-order valence-corrected chi connectivity index (χ3v) is 7.25. The number of ether oxygens (including phenoxy) is 1. The van der Waals surface area contributed by atoms with Gasteiger partial charge in [0.15, 0.2) is 0 Å². The summed E-state index contributed by atoms with van der Waals surface area (Å²) in [6.07, 6.45) is 4.52. The van der Waals surface area contributed by atoms with E-state index < -0.39 is 5.60 Å². The highest BCUT2D eigenvalue weighted by Gasteiger charge is 2.68. The monoisotopic (exact) mass is 326 g/mol. The molecule has 24 heavy (non-hydrogen) atoms. The van der Waals surface area contributed by atoms with E-state index in [-0.39, 0.29) is 41.2 Å². The van der Waals surface area contributed by atoms with Gasteiger partial charge >= 0.3 is 5.97 Å². The molecule has 1 aromatic rings. The van der Waals surface area contributed by atoms with Crippen molar-refractivity contribution < 1.29 is 19.4 Å². The fourth-order valence-electron chi connectivity index (χ4n) is 6.48. The number of aromatic hydroxyl groups is 1. The number of ketones is 1. The predicted octanol–water partition coefficient (Wildman–Crippen LogP) is 2.97. The number of hydrogen-bond acceptors (Lipinski definition) is 4. The Kier molecular flexibility index (Phi) is 2.79. The van der Waals surface area contributed by atoms with Crippen LogP contribution in [0.4, 0.5) is 0 Å². The van der Waals surface area contributed by atoms with Crippen LogP contribution in [0, 0.1) is 23.7 Å². The summed E-state index contributed by atoms with van der Waals surface area (Å²) in [5, 5.41) is 9.95. The number of phenols is 1. The number of carbonyl (C=O) groups excluding carboxylic acids is 2. The first-order valence-electron chi connectivity index (χ1n) is 9.06. The molecule has 6 atom stereocenters. The van der Waals surface area contributed by atoms with E-state index in [2.05, 4.69) is 0 Å². The van der Waals surface area contributed by atoms with Crippen LogP contribution in [0.5, 0.6) is 5.75 Å². The van der Waals surface area contributed by atoms with Gasteiger partial charge in [-0.1, -0.05) is 6.07 Å². The Labute approximate surface area is 141 Å². The van der Waals surface area contributed by atoms with Crippen molar-refractivity contribution in [3.63, 3.8) is 0 Å². The minimum Gasteiger partial charge on any atom is -0.508 e. The molecule has 1 heterocycles. The summed E-state index contributed by atoms with van der Waals surface area (Å²) < 4.78 is 5.99. The second kappa shape index (κ2) is 4.62. The highest BCUT2D eigenvalue weighted by atomic mass is 16.6. The zero-order valence-electron chi connectivity index (χ0n) is 13.8. The molecule has 0 unspecified atom stereocenters. The fourth-order valence-corrected chi connectivity index (χ4v) is 6.48. The van der Waals surface area contributed by atoms with E-state index in [1.807, 2.05) is 12.1 Å². The third kappa shape index (κ3) is 1.64. The van der Waals surface area contributed by atoms with Gasteiger partial charge in [-0.2, -0.15) is 0 Å². The molecule has 4 nitrogen and oxygen atoms in total. The van der Waals surface area contributed by atoms with Crippen molar-refractivity contribution in [2.24, 2.45) is 23.7 Å². The maximum Gasteiger partial charge on any atom is 0.310 e. The SMILES string of the molecule is CC(=O)[C@@H]1CC[C@H]2[C@@H]3CCc4ccc(O)cc4[C@H]3[C@H]3C[C@@]12OC3=O. The van der Waals surface area contributed by atoms with Gasteiger partial charge in [-0.3, -0.25) is 9.59 Å². The van der Waals surface area contributed by atoms with Crippen molar-refractivity contribution in [2.75, 3.05) is 0 Å². The largest absolute Gasteiger partial charge is 0.508 e. The number of phenolic OH excluding ortho intramolecular Hbond substituents is 1. The molecular weight excluding hydrogens is 304 g/mol. The number of esters is 1. The van der Waals surface area contributed by atoms with E-state index in [0.717, 1.165) is 31.2 Å². The molecule has 1 aliphatic heterocycles. The van der Waals surface area contributed by atoms with E-state index in [1.165, 1.54) is 5.56 Å². The Morgan fingerprint density at radius 1 is 1.29 bits per heavy atom. The second-order valence-electron chi connectivity index (χ2n) is 8.15. The third-order valence-electron chi connectivity index (χ3n) is 7.25. The highest BCUT2D eigenvalue weighted by Crippen LogP contribution is 2.65. The van der Waals surface area contributed by atoms with Crippen molar-refractivity contribution >= 4 is 11.8 Å². The molecule has 126 valence electrons. The van der Waals surface area contributed by atoms with Gasteiger partial charge in [-0.15, -0.1) is 0 Å². The zero-order chi connectivity index (χ0) is 16.6. The lowest BCUT2D eigenvalue weighted by atomic mass is 9.55. The Bertz CT molecular complexity index is 754. The summed E-state index contributed by atoms with van der Waals surface area (Å²) in [4.78, 5) is 24.9. The van der Waals surface area contributed by atoms with Crippen molar-refractivity contribution in [3.05, 3.63) is 29.3 Å². The first kappa shape index (κ1) is 14.5. The van der Waals surface area contributed by atoms with Crippen LogP contribution in [0.15, 0.2) is 18.2 Å². The van der Waals surface area contributed by atoms with Crippen molar-refractivity contribution in [2.45, 2.75) is 50.5 Å². The molecule has 5 rings (SSSR count). The van der Waals surface area contributed by atoms with Gasteiger partial charge in [0, 0.05) is 18.3 Å². The number of hydrogen-bond donors (Lipinski definition) is 1. The number of carbonyl (C=O) groups is 2. The summed E-state index contributed by atoms with van der Waals surface area (Å²) in [5.74, 6) is 0.832. The molecule has 3 fully saturated rings. The van der Waals surface area contributed by atoms with E-state index in [9.17, 15) is 14.7 Å². The zero-order valence-corrected chi connectivity index (χ0v) is 13.8. The molecular formula is C20H22O4. The molecule has 3 aliphatic carbocycles. The van der Waals surface area contributed by atoms with Gasteiger partial charge in [0.05, 0.1) is 11.8 Å². The topological polar surface area (TPSA) is 63.6 Å². The molecule has 1 aromatic carbocycles. The van der Waals surface area contributed by atoms with E-state index in [4.69, 9.17) is 4.74 Å². The predicted molar refractivity (Wildman–Crippen MR) is 86.5 cm³/mol. The molecule has 4 aliphatic rings. The number of rotatable bonds is 1.